The number of ketones is 1. The lowest BCUT2D eigenvalue weighted by Gasteiger charge is -2.24. The summed E-state index contributed by atoms with van der Waals surface area (Å²) in [6.07, 6.45) is 4.72. The molecular formula is C26H24FN7O4. The Kier molecular flexibility index (Phi) is 6.69. The SMILES string of the molecule is CC(=O)c1cn(CC(=O)N2CC(F)CC2C(=O)Nc2cccc(=O)[nH]2)c2ccc(Nc3cncnc3)cc12. The summed E-state index contributed by atoms with van der Waals surface area (Å²) < 4.78 is 16.0. The largest absolute Gasteiger partial charge is 0.353 e. The number of benzene rings is 1. The van der Waals surface area contributed by atoms with E-state index >= 15 is 0 Å². The molecule has 2 amide bonds. The second-order valence-electron chi connectivity index (χ2n) is 9.02. The van der Waals surface area contributed by atoms with Gasteiger partial charge >= 0.3 is 0 Å². The number of nitrogens with one attached hydrogen (secondary N) is 3. The zero-order valence-electron chi connectivity index (χ0n) is 20.3. The smallest absolute Gasteiger partial charge is 0.249 e. The fraction of sp³-hybridized carbons (Fsp3) is 0.231. The van der Waals surface area contributed by atoms with Crippen LogP contribution in [0, 0.1) is 0 Å². The summed E-state index contributed by atoms with van der Waals surface area (Å²) in [7, 11) is 0. The van der Waals surface area contributed by atoms with Gasteiger partial charge in [0.2, 0.25) is 17.4 Å². The topological polar surface area (TPSA) is 142 Å². The van der Waals surface area contributed by atoms with Gasteiger partial charge in [-0.15, -0.1) is 0 Å². The van der Waals surface area contributed by atoms with Crippen molar-refractivity contribution in [3.63, 3.8) is 0 Å². The third kappa shape index (κ3) is 5.14. The van der Waals surface area contributed by atoms with Gasteiger partial charge in [0.1, 0.15) is 30.9 Å². The van der Waals surface area contributed by atoms with E-state index < -0.39 is 29.6 Å². The Morgan fingerprint density at radius 3 is 2.66 bits per heavy atom. The summed E-state index contributed by atoms with van der Waals surface area (Å²) in [4.78, 5) is 61.7. The summed E-state index contributed by atoms with van der Waals surface area (Å²) in [5.74, 6) is -1.09. The number of rotatable bonds is 7. The maximum absolute atomic E-state index is 14.4. The van der Waals surface area contributed by atoms with Crippen LogP contribution in [0.4, 0.5) is 21.6 Å². The van der Waals surface area contributed by atoms with Crippen LogP contribution in [0.15, 0.2) is 66.1 Å². The van der Waals surface area contributed by atoms with Crippen LogP contribution < -0.4 is 16.2 Å². The monoisotopic (exact) mass is 517 g/mol. The fourth-order valence-corrected chi connectivity index (χ4v) is 4.60. The van der Waals surface area contributed by atoms with E-state index in [0.29, 0.717) is 27.8 Å². The van der Waals surface area contributed by atoms with Gasteiger partial charge in [-0.2, -0.15) is 0 Å². The highest BCUT2D eigenvalue weighted by atomic mass is 19.1. The first-order valence-corrected chi connectivity index (χ1v) is 11.9. The minimum Gasteiger partial charge on any atom is -0.353 e. The third-order valence-electron chi connectivity index (χ3n) is 6.31. The number of carbonyl (C=O) groups excluding carboxylic acids is 3. The highest BCUT2D eigenvalue weighted by Gasteiger charge is 2.40. The number of halogens is 1. The van der Waals surface area contributed by atoms with Crippen molar-refractivity contribution in [2.24, 2.45) is 0 Å². The maximum atomic E-state index is 14.4. The Morgan fingerprint density at radius 1 is 1.13 bits per heavy atom. The predicted molar refractivity (Wildman–Crippen MR) is 138 cm³/mol. The number of anilines is 3. The van der Waals surface area contributed by atoms with Gasteiger partial charge in [0.15, 0.2) is 5.78 Å². The molecule has 12 heteroatoms. The van der Waals surface area contributed by atoms with Gasteiger partial charge in [-0.25, -0.2) is 14.4 Å². The van der Waals surface area contributed by atoms with Gasteiger partial charge in [0, 0.05) is 40.8 Å². The van der Waals surface area contributed by atoms with Crippen LogP contribution in [0.2, 0.25) is 0 Å². The van der Waals surface area contributed by atoms with Gasteiger partial charge in [0.05, 0.1) is 24.6 Å². The Hall–Kier alpha value is -4.87. The number of alkyl halides is 1. The van der Waals surface area contributed by atoms with E-state index in [2.05, 4.69) is 25.6 Å². The molecule has 1 aliphatic heterocycles. The number of fused-ring (bicyclic) bond motifs is 1. The number of amides is 2. The van der Waals surface area contributed by atoms with Crippen LogP contribution in [-0.2, 0) is 16.1 Å². The Balaban J connectivity index is 1.38. The first-order chi connectivity index (χ1) is 18.3. The molecule has 1 aliphatic rings. The molecule has 2 unspecified atom stereocenters. The van der Waals surface area contributed by atoms with E-state index in [0.717, 1.165) is 0 Å². The predicted octanol–water partition coefficient (Wildman–Crippen LogP) is 2.64. The van der Waals surface area contributed by atoms with Gasteiger partial charge < -0.3 is 25.1 Å². The van der Waals surface area contributed by atoms with E-state index in [4.69, 9.17) is 0 Å². The van der Waals surface area contributed by atoms with Crippen molar-refractivity contribution in [3.8, 4) is 0 Å². The molecule has 0 radical (unpaired) electrons. The van der Waals surface area contributed by atoms with E-state index in [9.17, 15) is 23.6 Å². The maximum Gasteiger partial charge on any atom is 0.249 e. The molecule has 194 valence electrons. The normalized spacial score (nSPS) is 16.9. The highest BCUT2D eigenvalue weighted by Crippen LogP contribution is 2.28. The van der Waals surface area contributed by atoms with E-state index in [1.807, 2.05) is 0 Å². The van der Waals surface area contributed by atoms with Crippen molar-refractivity contribution in [1.82, 2.24) is 24.4 Å². The molecule has 3 aromatic heterocycles. The van der Waals surface area contributed by atoms with Crippen LogP contribution in [-0.4, -0.2) is 60.8 Å². The van der Waals surface area contributed by atoms with Crippen LogP contribution in [0.3, 0.4) is 0 Å². The average Bonchev–Trinajstić information content (AvgIpc) is 3.45. The highest BCUT2D eigenvalue weighted by molar-refractivity contribution is 6.08. The molecular weight excluding hydrogens is 493 g/mol. The lowest BCUT2D eigenvalue weighted by Crippen LogP contribution is -2.44. The molecule has 4 heterocycles. The number of nitrogens with zero attached hydrogens (tertiary/aromatic N) is 4. The lowest BCUT2D eigenvalue weighted by atomic mass is 10.1. The number of aromatic amines is 1. The molecule has 1 fully saturated rings. The molecule has 38 heavy (non-hydrogen) atoms. The zero-order chi connectivity index (χ0) is 26.8. The van der Waals surface area contributed by atoms with Crippen LogP contribution in [0.1, 0.15) is 23.7 Å². The molecule has 2 atom stereocenters. The standard InChI is InChI=1S/C26H24FN7O4/c1-15(35)20-12-33(21-6-5-17(8-19(20)21)30-18-9-28-14-29-10-18)13-25(37)34-11-16(27)7-22(34)26(38)32-23-3-2-4-24(36)31-23/h2-6,8-10,12,14,16,22,30H,7,11,13H2,1H3,(H2,31,32,36,38). The van der Waals surface area contributed by atoms with E-state index in [1.54, 1.807) is 41.4 Å². The molecule has 0 saturated carbocycles. The number of aromatic nitrogens is 4. The number of hydrogen-bond acceptors (Lipinski definition) is 7. The molecule has 0 spiro atoms. The van der Waals surface area contributed by atoms with Crippen molar-refractivity contribution in [1.29, 1.82) is 0 Å². The Morgan fingerprint density at radius 2 is 1.92 bits per heavy atom. The van der Waals surface area contributed by atoms with Gasteiger partial charge in [-0.3, -0.25) is 19.2 Å². The number of H-pyrrole nitrogens is 1. The lowest BCUT2D eigenvalue weighted by molar-refractivity contribution is -0.137. The summed E-state index contributed by atoms with van der Waals surface area (Å²) >= 11 is 0. The molecule has 11 nitrogen and oxygen atoms in total. The summed E-state index contributed by atoms with van der Waals surface area (Å²) in [5.41, 5.74) is 2.03. The average molecular weight is 518 g/mol. The quantitative estimate of drug-likeness (QED) is 0.320. The number of pyridine rings is 1. The summed E-state index contributed by atoms with van der Waals surface area (Å²) in [6, 6.07) is 8.59. The first kappa shape index (κ1) is 24.8. The third-order valence-corrected chi connectivity index (χ3v) is 6.31. The molecule has 1 saturated heterocycles. The fourth-order valence-electron chi connectivity index (χ4n) is 4.60. The Labute approximate surface area is 215 Å². The molecule has 0 bridgehead atoms. The summed E-state index contributed by atoms with van der Waals surface area (Å²) in [5, 5.41) is 6.36. The minimum atomic E-state index is -1.37. The minimum absolute atomic E-state index is 0.155. The molecule has 1 aromatic carbocycles. The van der Waals surface area contributed by atoms with Gasteiger partial charge in [-0.05, 0) is 31.2 Å². The number of Topliss-reactive ketones (excluding diaryl/α,β-unsaturated/α-hetero) is 1. The van der Waals surface area contributed by atoms with Crippen molar-refractivity contribution < 1.29 is 18.8 Å². The number of carbonyl (C=O) groups is 3. The second kappa shape index (κ2) is 10.2. The number of hydrogen-bond donors (Lipinski definition) is 3. The molecule has 3 N–H and O–H groups in total. The Bertz CT molecular complexity index is 1580. The van der Waals surface area contributed by atoms with Gasteiger partial charge in [-0.1, -0.05) is 6.07 Å². The van der Waals surface area contributed by atoms with Crippen LogP contribution in [0.5, 0.6) is 0 Å². The zero-order valence-corrected chi connectivity index (χ0v) is 20.3. The molecule has 4 aromatic rings. The molecule has 5 rings (SSSR count). The van der Waals surface area contributed by atoms with Crippen molar-refractivity contribution in [2.45, 2.75) is 32.1 Å². The van der Waals surface area contributed by atoms with Crippen molar-refractivity contribution in [3.05, 3.63) is 77.2 Å². The van der Waals surface area contributed by atoms with Crippen molar-refractivity contribution >= 4 is 45.7 Å². The van der Waals surface area contributed by atoms with E-state index in [-0.39, 0.29) is 31.1 Å². The van der Waals surface area contributed by atoms with Crippen LogP contribution in [0.25, 0.3) is 10.9 Å². The van der Waals surface area contributed by atoms with Crippen molar-refractivity contribution in [2.75, 3.05) is 17.2 Å². The molecule has 0 aliphatic carbocycles. The summed E-state index contributed by atoms with van der Waals surface area (Å²) in [6.45, 7) is 1.02. The first-order valence-electron chi connectivity index (χ1n) is 11.9. The van der Waals surface area contributed by atoms with E-state index in [1.165, 1.54) is 36.4 Å². The van der Waals surface area contributed by atoms with Gasteiger partial charge in [0.25, 0.3) is 0 Å². The van der Waals surface area contributed by atoms with Crippen LogP contribution >= 0.6 is 0 Å². The number of likely N-dealkylation sites (tertiary alicyclic amines) is 1. The second-order valence-corrected chi connectivity index (χ2v) is 9.02.